The van der Waals surface area contributed by atoms with Crippen LogP contribution >= 0.6 is 0 Å². The van der Waals surface area contributed by atoms with E-state index in [1.165, 1.54) is 13.3 Å². The summed E-state index contributed by atoms with van der Waals surface area (Å²) in [7, 11) is 0. The van der Waals surface area contributed by atoms with Gasteiger partial charge in [-0.2, -0.15) is 0 Å². The van der Waals surface area contributed by atoms with E-state index in [4.69, 9.17) is 0 Å². The minimum atomic E-state index is -1.01. The highest BCUT2D eigenvalue weighted by Crippen LogP contribution is 2.30. The van der Waals surface area contributed by atoms with E-state index in [-0.39, 0.29) is 41.9 Å². The van der Waals surface area contributed by atoms with Crippen molar-refractivity contribution in [3.05, 3.63) is 59.7 Å². The molecule has 1 aliphatic heterocycles. The van der Waals surface area contributed by atoms with Crippen molar-refractivity contribution in [3.63, 3.8) is 0 Å². The molecule has 1 heterocycles. The van der Waals surface area contributed by atoms with Gasteiger partial charge in [-0.1, -0.05) is 49.6 Å². The lowest BCUT2D eigenvalue weighted by Crippen LogP contribution is -2.53. The van der Waals surface area contributed by atoms with Gasteiger partial charge in [0.1, 0.15) is 0 Å². The lowest BCUT2D eigenvalue weighted by molar-refractivity contribution is -0.124. The van der Waals surface area contributed by atoms with Crippen LogP contribution in [0.3, 0.4) is 0 Å². The van der Waals surface area contributed by atoms with E-state index in [0.29, 0.717) is 30.8 Å². The van der Waals surface area contributed by atoms with Gasteiger partial charge in [0.2, 0.25) is 17.7 Å². The zero-order chi connectivity index (χ0) is 32.5. The maximum absolute atomic E-state index is 13.9. The first-order valence-corrected chi connectivity index (χ1v) is 16.4. The number of benzene rings is 2. The number of hydrogen-bond donors (Lipinski definition) is 4. The molecule has 1 saturated heterocycles. The fraction of sp³-hybridized carbons (Fsp3) is 0.543. The van der Waals surface area contributed by atoms with Crippen LogP contribution in [0.15, 0.2) is 48.5 Å². The van der Waals surface area contributed by atoms with Crippen molar-refractivity contribution >= 4 is 35.0 Å². The number of anilines is 2. The van der Waals surface area contributed by atoms with Gasteiger partial charge in [-0.3, -0.25) is 19.2 Å². The molecular formula is C35H49N5O5. The molecule has 3 atom stereocenters. The highest BCUT2D eigenvalue weighted by atomic mass is 16.3. The molecular weight excluding hydrogens is 570 g/mol. The molecule has 2 fully saturated rings. The van der Waals surface area contributed by atoms with E-state index in [0.717, 1.165) is 37.7 Å². The second kappa shape index (κ2) is 16.0. The lowest BCUT2D eigenvalue weighted by Gasteiger charge is -2.29. The molecule has 45 heavy (non-hydrogen) atoms. The van der Waals surface area contributed by atoms with Crippen LogP contribution in [-0.2, 0) is 20.8 Å². The van der Waals surface area contributed by atoms with E-state index in [1.807, 2.05) is 44.2 Å². The summed E-state index contributed by atoms with van der Waals surface area (Å²) in [5.41, 5.74) is 2.31. The van der Waals surface area contributed by atoms with E-state index in [9.17, 15) is 24.3 Å². The zero-order valence-corrected chi connectivity index (χ0v) is 27.1. The number of nitrogens with zero attached hydrogens (tertiary/aromatic N) is 2. The summed E-state index contributed by atoms with van der Waals surface area (Å²) in [5.74, 6) is -0.729. The minimum absolute atomic E-state index is 0.0254. The Labute approximate surface area is 266 Å². The van der Waals surface area contributed by atoms with E-state index in [2.05, 4.69) is 16.0 Å². The largest absolute Gasteiger partial charge is 0.390 e. The fourth-order valence-corrected chi connectivity index (χ4v) is 6.29. The Morgan fingerprint density at radius 3 is 2.33 bits per heavy atom. The number of aliphatic hydroxyl groups excluding tert-OH is 1. The van der Waals surface area contributed by atoms with Crippen LogP contribution in [0.4, 0.5) is 11.4 Å². The molecule has 1 aliphatic carbocycles. The molecule has 0 radical (unpaired) electrons. The molecule has 10 heteroatoms. The molecule has 0 spiro atoms. The predicted octanol–water partition coefficient (Wildman–Crippen LogP) is 3.70. The molecule has 0 bridgehead atoms. The Balaban J connectivity index is 1.54. The number of nitrogens with one attached hydrogen (secondary N) is 3. The summed E-state index contributed by atoms with van der Waals surface area (Å²) in [6.45, 7) is 7.67. The van der Waals surface area contributed by atoms with Crippen molar-refractivity contribution in [1.82, 2.24) is 16.0 Å². The standard InChI is InChI=1S/C35H49N5O5/c1-23(2)40(25(4)41)30-20-27(19-29(21-30)39-17-11-16-33(39)43)35(45)38-31(18-26-12-7-5-8-13-26)32(42)22-36-24(3)34(44)37-28-14-9-6-10-15-28/h5,7-8,12-13,19-21,23-24,28,31-32,36,42H,6,9-11,14-18,22H2,1-4H3,(H,37,44)(H,38,45)/t24-,31-,32-/m0/s1. The van der Waals surface area contributed by atoms with Gasteiger partial charge in [0.25, 0.3) is 5.91 Å². The molecule has 2 aromatic rings. The summed E-state index contributed by atoms with van der Waals surface area (Å²) >= 11 is 0. The van der Waals surface area contributed by atoms with E-state index < -0.39 is 24.1 Å². The Morgan fingerprint density at radius 2 is 1.71 bits per heavy atom. The Hall–Kier alpha value is -3.76. The zero-order valence-electron chi connectivity index (χ0n) is 27.1. The first-order chi connectivity index (χ1) is 21.5. The van der Waals surface area contributed by atoms with Gasteiger partial charge in [-0.15, -0.1) is 0 Å². The van der Waals surface area contributed by atoms with Gasteiger partial charge in [0, 0.05) is 55.5 Å². The predicted molar refractivity (Wildman–Crippen MR) is 176 cm³/mol. The molecule has 0 aromatic heterocycles. The summed E-state index contributed by atoms with van der Waals surface area (Å²) in [6, 6.07) is 13.5. The quantitative estimate of drug-likeness (QED) is 0.271. The first kappa shape index (κ1) is 34.1. The third-order valence-corrected chi connectivity index (χ3v) is 8.74. The number of rotatable bonds is 13. The molecule has 10 nitrogen and oxygen atoms in total. The van der Waals surface area contributed by atoms with Crippen LogP contribution in [0.5, 0.6) is 0 Å². The third-order valence-electron chi connectivity index (χ3n) is 8.74. The van der Waals surface area contributed by atoms with Crippen molar-refractivity contribution in [2.24, 2.45) is 0 Å². The van der Waals surface area contributed by atoms with E-state index >= 15 is 0 Å². The second-order valence-corrected chi connectivity index (χ2v) is 12.7. The van der Waals surface area contributed by atoms with Gasteiger partial charge >= 0.3 is 0 Å². The van der Waals surface area contributed by atoms with Gasteiger partial charge in [-0.05, 0) is 70.2 Å². The maximum Gasteiger partial charge on any atom is 0.251 e. The van der Waals surface area contributed by atoms with Crippen molar-refractivity contribution in [2.75, 3.05) is 22.9 Å². The van der Waals surface area contributed by atoms with Gasteiger partial charge in [0.05, 0.1) is 18.2 Å². The third kappa shape index (κ3) is 9.37. The Morgan fingerprint density at radius 1 is 1.00 bits per heavy atom. The van der Waals surface area contributed by atoms with Crippen molar-refractivity contribution < 1.29 is 24.3 Å². The molecule has 4 rings (SSSR count). The summed E-state index contributed by atoms with van der Waals surface area (Å²) in [5, 5.41) is 20.6. The molecule has 2 aliphatic rings. The van der Waals surface area contributed by atoms with Crippen molar-refractivity contribution in [3.8, 4) is 0 Å². The molecule has 2 aromatic carbocycles. The monoisotopic (exact) mass is 619 g/mol. The fourth-order valence-electron chi connectivity index (χ4n) is 6.29. The number of hydrogen-bond acceptors (Lipinski definition) is 6. The average Bonchev–Trinajstić information content (AvgIpc) is 3.45. The summed E-state index contributed by atoms with van der Waals surface area (Å²) in [4.78, 5) is 55.2. The van der Waals surface area contributed by atoms with Crippen molar-refractivity contribution in [1.29, 1.82) is 0 Å². The summed E-state index contributed by atoms with van der Waals surface area (Å²) < 4.78 is 0. The second-order valence-electron chi connectivity index (χ2n) is 12.7. The number of carbonyl (C=O) groups excluding carboxylic acids is 4. The lowest BCUT2D eigenvalue weighted by atomic mass is 9.95. The van der Waals surface area contributed by atoms with Crippen LogP contribution in [0.2, 0.25) is 0 Å². The normalized spacial score (nSPS) is 17.6. The summed E-state index contributed by atoms with van der Waals surface area (Å²) in [6.07, 6.45) is 5.93. The van der Waals surface area contributed by atoms with Gasteiger partial charge in [-0.25, -0.2) is 0 Å². The molecule has 4 N–H and O–H groups in total. The Kier molecular flexibility index (Phi) is 12.1. The molecule has 1 saturated carbocycles. The molecule has 4 amide bonds. The SMILES string of the molecule is CC(=O)N(c1cc(C(=O)N[C@@H](Cc2ccccc2)[C@@H](O)CN[C@@H](C)C(=O)NC2CCCCC2)cc(N2CCCC2=O)c1)C(C)C. The molecule has 0 unspecified atom stereocenters. The number of carbonyl (C=O) groups is 4. The topological polar surface area (TPSA) is 131 Å². The maximum atomic E-state index is 13.9. The number of amides is 4. The first-order valence-electron chi connectivity index (χ1n) is 16.4. The smallest absolute Gasteiger partial charge is 0.251 e. The van der Waals surface area contributed by atoms with Crippen molar-refractivity contribution in [2.45, 2.75) is 109 Å². The van der Waals surface area contributed by atoms with Gasteiger partial charge < -0.3 is 30.9 Å². The Bertz CT molecular complexity index is 1330. The number of aliphatic hydroxyl groups is 1. The highest BCUT2D eigenvalue weighted by molar-refractivity contribution is 6.02. The highest BCUT2D eigenvalue weighted by Gasteiger charge is 2.28. The van der Waals surface area contributed by atoms with Crippen LogP contribution in [0.25, 0.3) is 0 Å². The van der Waals surface area contributed by atoms with Crippen LogP contribution < -0.4 is 25.8 Å². The van der Waals surface area contributed by atoms with Gasteiger partial charge in [0.15, 0.2) is 0 Å². The van der Waals surface area contributed by atoms with Crippen LogP contribution in [-0.4, -0.2) is 72.1 Å². The van der Waals surface area contributed by atoms with Crippen LogP contribution in [0.1, 0.15) is 88.6 Å². The van der Waals surface area contributed by atoms with E-state index in [1.54, 1.807) is 34.9 Å². The molecule has 244 valence electrons. The average molecular weight is 620 g/mol. The minimum Gasteiger partial charge on any atom is -0.390 e. The van der Waals surface area contributed by atoms with Crippen LogP contribution in [0, 0.1) is 0 Å².